The lowest BCUT2D eigenvalue weighted by Crippen LogP contribution is -2.37. The molecule has 1 amide bonds. The number of fused-ring (bicyclic) bond motifs is 1. The molecule has 5 nitrogen and oxygen atoms in total. The van der Waals surface area contributed by atoms with Crippen molar-refractivity contribution in [3.8, 4) is 0 Å². The number of carbonyl (C=O) groups is 1. The third-order valence-electron chi connectivity index (χ3n) is 4.74. The average Bonchev–Trinajstić information content (AvgIpc) is 3.32. The van der Waals surface area contributed by atoms with Gasteiger partial charge in [0.1, 0.15) is 11.5 Å². The van der Waals surface area contributed by atoms with Crippen LogP contribution in [0.25, 0.3) is 0 Å². The van der Waals surface area contributed by atoms with Gasteiger partial charge in [0.25, 0.3) is 5.91 Å². The average molecular weight is 310 g/mol. The van der Waals surface area contributed by atoms with Gasteiger partial charge in [0.2, 0.25) is 0 Å². The molecule has 1 aliphatic carbocycles. The summed E-state index contributed by atoms with van der Waals surface area (Å²) in [7, 11) is 0. The molecular weight excluding hydrogens is 288 g/mol. The van der Waals surface area contributed by atoms with Crippen LogP contribution in [0.4, 0.5) is 5.82 Å². The van der Waals surface area contributed by atoms with E-state index in [9.17, 15) is 4.79 Å². The molecule has 1 fully saturated rings. The molecule has 1 saturated carbocycles. The number of amides is 1. The van der Waals surface area contributed by atoms with E-state index >= 15 is 0 Å². The van der Waals surface area contributed by atoms with Crippen LogP contribution in [-0.2, 0) is 13.0 Å². The highest BCUT2D eigenvalue weighted by Crippen LogP contribution is 2.39. The standard InChI is InChI=1S/C18H22N4O/c1-3-22-16(11-15(20-22)13-8-9-13)18(23)21-10-4-5-14-7-6-12(2)19-17(14)21/h6-7,11,13H,3-5,8-10H2,1-2H3. The fourth-order valence-electron chi connectivity index (χ4n) is 3.30. The molecule has 0 N–H and O–H groups in total. The SMILES string of the molecule is CCn1nc(C2CC2)cc1C(=O)N1CCCc2ccc(C)nc21. The van der Waals surface area contributed by atoms with E-state index < -0.39 is 0 Å². The van der Waals surface area contributed by atoms with Crippen molar-refractivity contribution in [2.45, 2.75) is 52.0 Å². The lowest BCUT2D eigenvalue weighted by molar-refractivity contribution is 0.0974. The maximum absolute atomic E-state index is 13.1. The minimum Gasteiger partial charge on any atom is -0.291 e. The van der Waals surface area contributed by atoms with Crippen molar-refractivity contribution in [3.63, 3.8) is 0 Å². The summed E-state index contributed by atoms with van der Waals surface area (Å²) in [6.45, 7) is 5.46. The van der Waals surface area contributed by atoms with E-state index in [1.165, 1.54) is 18.4 Å². The van der Waals surface area contributed by atoms with Gasteiger partial charge in [-0.15, -0.1) is 0 Å². The van der Waals surface area contributed by atoms with Crippen molar-refractivity contribution >= 4 is 11.7 Å². The summed E-state index contributed by atoms with van der Waals surface area (Å²) in [5.41, 5.74) is 3.89. The monoisotopic (exact) mass is 310 g/mol. The van der Waals surface area contributed by atoms with Gasteiger partial charge in [0.05, 0.1) is 5.69 Å². The van der Waals surface area contributed by atoms with Gasteiger partial charge < -0.3 is 0 Å². The van der Waals surface area contributed by atoms with Crippen LogP contribution in [0.15, 0.2) is 18.2 Å². The Bertz CT molecular complexity index is 760. The number of carbonyl (C=O) groups excluding carboxylic acids is 1. The Balaban J connectivity index is 1.71. The second-order valence-electron chi connectivity index (χ2n) is 6.54. The van der Waals surface area contributed by atoms with Crippen LogP contribution in [0.3, 0.4) is 0 Å². The second-order valence-corrected chi connectivity index (χ2v) is 6.54. The Morgan fingerprint density at radius 2 is 2.17 bits per heavy atom. The predicted octanol–water partition coefficient (Wildman–Crippen LogP) is 3.08. The van der Waals surface area contributed by atoms with Gasteiger partial charge in [-0.2, -0.15) is 5.10 Å². The van der Waals surface area contributed by atoms with Gasteiger partial charge in [-0.3, -0.25) is 14.4 Å². The number of hydrogen-bond acceptors (Lipinski definition) is 3. The molecule has 1 aliphatic heterocycles. The number of anilines is 1. The molecule has 2 aromatic rings. The predicted molar refractivity (Wildman–Crippen MR) is 88.8 cm³/mol. The number of aromatic nitrogens is 3. The molecule has 0 aromatic carbocycles. The zero-order valence-corrected chi connectivity index (χ0v) is 13.7. The highest BCUT2D eigenvalue weighted by Gasteiger charge is 2.31. The summed E-state index contributed by atoms with van der Waals surface area (Å²) in [6.07, 6.45) is 4.37. The zero-order valence-electron chi connectivity index (χ0n) is 13.7. The number of nitrogens with zero attached hydrogens (tertiary/aromatic N) is 4. The quantitative estimate of drug-likeness (QED) is 0.875. The maximum Gasteiger partial charge on any atom is 0.277 e. The maximum atomic E-state index is 13.1. The number of rotatable bonds is 3. The normalized spacial score (nSPS) is 17.2. The van der Waals surface area contributed by atoms with Crippen LogP contribution in [0, 0.1) is 6.92 Å². The van der Waals surface area contributed by atoms with E-state index in [4.69, 9.17) is 0 Å². The van der Waals surface area contributed by atoms with Crippen LogP contribution >= 0.6 is 0 Å². The van der Waals surface area contributed by atoms with Crippen molar-refractivity contribution in [2.75, 3.05) is 11.4 Å². The molecule has 0 bridgehead atoms. The topological polar surface area (TPSA) is 51.0 Å². The number of hydrogen-bond donors (Lipinski definition) is 0. The molecule has 2 aromatic heterocycles. The van der Waals surface area contributed by atoms with E-state index in [2.05, 4.69) is 16.1 Å². The number of aryl methyl sites for hydroxylation is 3. The molecule has 4 rings (SSSR count). The fraction of sp³-hybridized carbons (Fsp3) is 0.500. The first-order valence-electron chi connectivity index (χ1n) is 8.53. The Hall–Kier alpha value is -2.17. The molecule has 120 valence electrons. The zero-order chi connectivity index (χ0) is 16.0. The van der Waals surface area contributed by atoms with Gasteiger partial charge in [-0.05, 0) is 57.2 Å². The van der Waals surface area contributed by atoms with Crippen LogP contribution < -0.4 is 4.90 Å². The molecule has 23 heavy (non-hydrogen) atoms. The van der Waals surface area contributed by atoms with Crippen molar-refractivity contribution in [1.29, 1.82) is 0 Å². The Morgan fingerprint density at radius 1 is 1.35 bits per heavy atom. The van der Waals surface area contributed by atoms with Crippen LogP contribution in [-0.4, -0.2) is 27.2 Å². The Morgan fingerprint density at radius 3 is 2.91 bits per heavy atom. The van der Waals surface area contributed by atoms with Crippen molar-refractivity contribution < 1.29 is 4.79 Å². The molecule has 0 atom stereocenters. The van der Waals surface area contributed by atoms with Crippen molar-refractivity contribution in [1.82, 2.24) is 14.8 Å². The lowest BCUT2D eigenvalue weighted by Gasteiger charge is -2.28. The molecular formula is C18H22N4O. The van der Waals surface area contributed by atoms with E-state index in [0.717, 1.165) is 43.1 Å². The lowest BCUT2D eigenvalue weighted by atomic mass is 10.0. The molecule has 0 saturated heterocycles. The summed E-state index contributed by atoms with van der Waals surface area (Å²) >= 11 is 0. The Labute approximate surface area is 136 Å². The third-order valence-corrected chi connectivity index (χ3v) is 4.74. The molecule has 0 unspecified atom stereocenters. The summed E-state index contributed by atoms with van der Waals surface area (Å²) < 4.78 is 1.85. The molecule has 3 heterocycles. The second kappa shape index (κ2) is 5.48. The van der Waals surface area contributed by atoms with E-state index in [-0.39, 0.29) is 5.91 Å². The van der Waals surface area contributed by atoms with Crippen LogP contribution in [0.2, 0.25) is 0 Å². The fourth-order valence-corrected chi connectivity index (χ4v) is 3.30. The minimum atomic E-state index is 0.0327. The Kier molecular flexibility index (Phi) is 3.43. The summed E-state index contributed by atoms with van der Waals surface area (Å²) in [6, 6.07) is 6.12. The van der Waals surface area contributed by atoms with E-state index in [0.29, 0.717) is 11.6 Å². The van der Waals surface area contributed by atoms with Gasteiger partial charge >= 0.3 is 0 Å². The highest BCUT2D eigenvalue weighted by molar-refractivity contribution is 6.05. The van der Waals surface area contributed by atoms with E-state index in [1.807, 2.05) is 35.6 Å². The van der Waals surface area contributed by atoms with Gasteiger partial charge in [0.15, 0.2) is 0 Å². The molecule has 2 aliphatic rings. The summed E-state index contributed by atoms with van der Waals surface area (Å²) in [5.74, 6) is 1.42. The first-order chi connectivity index (χ1) is 11.2. The largest absolute Gasteiger partial charge is 0.291 e. The first kappa shape index (κ1) is 14.4. The first-order valence-corrected chi connectivity index (χ1v) is 8.53. The molecule has 0 radical (unpaired) electrons. The van der Waals surface area contributed by atoms with Gasteiger partial charge in [0, 0.05) is 24.7 Å². The van der Waals surface area contributed by atoms with E-state index in [1.54, 1.807) is 0 Å². The van der Waals surface area contributed by atoms with Gasteiger partial charge in [-0.25, -0.2) is 4.98 Å². The summed E-state index contributed by atoms with van der Waals surface area (Å²) in [4.78, 5) is 19.6. The van der Waals surface area contributed by atoms with Gasteiger partial charge in [-0.1, -0.05) is 6.07 Å². The highest BCUT2D eigenvalue weighted by atomic mass is 16.2. The van der Waals surface area contributed by atoms with Crippen molar-refractivity contribution in [2.24, 2.45) is 0 Å². The summed E-state index contributed by atoms with van der Waals surface area (Å²) in [5, 5.41) is 4.63. The molecule has 5 heteroatoms. The molecule has 0 spiro atoms. The van der Waals surface area contributed by atoms with Crippen LogP contribution in [0.5, 0.6) is 0 Å². The minimum absolute atomic E-state index is 0.0327. The van der Waals surface area contributed by atoms with Crippen LogP contribution in [0.1, 0.15) is 59.5 Å². The number of pyridine rings is 1. The third kappa shape index (κ3) is 2.54. The van der Waals surface area contributed by atoms with Crippen molar-refractivity contribution in [3.05, 3.63) is 40.8 Å². The smallest absolute Gasteiger partial charge is 0.277 e.